The Morgan fingerprint density at radius 1 is 1.22 bits per heavy atom. The van der Waals surface area contributed by atoms with Crippen LogP contribution in [0.5, 0.6) is 17.2 Å². The molecule has 0 atom stereocenters. The summed E-state index contributed by atoms with van der Waals surface area (Å²) in [4.78, 5) is 22.9. The number of anilines is 1. The number of hydrogen-bond acceptors (Lipinski definition) is 7. The third-order valence-electron chi connectivity index (χ3n) is 3.52. The van der Waals surface area contributed by atoms with Crippen molar-refractivity contribution >= 4 is 23.4 Å². The van der Waals surface area contributed by atoms with Crippen molar-refractivity contribution in [2.75, 3.05) is 19.5 Å². The molecule has 1 amide bonds. The molecule has 0 unspecified atom stereocenters. The van der Waals surface area contributed by atoms with Gasteiger partial charge in [0.25, 0.3) is 5.91 Å². The number of phenols is 1. The lowest BCUT2D eigenvalue weighted by molar-refractivity contribution is -0.385. The number of nitriles is 1. The Morgan fingerprint density at radius 2 is 1.85 bits per heavy atom. The van der Waals surface area contributed by atoms with Crippen LogP contribution in [-0.4, -0.2) is 30.2 Å². The molecule has 0 radical (unpaired) electrons. The molecule has 0 spiro atoms. The SMILES string of the molecule is COc1cc(OC)c([N+](=O)[O-])cc1C=C(C#N)C(=O)Nc1ccc(O)cc1. The minimum Gasteiger partial charge on any atom is -0.508 e. The predicted molar refractivity (Wildman–Crippen MR) is 96.5 cm³/mol. The number of nitrogens with one attached hydrogen (secondary N) is 1. The fourth-order valence-electron chi connectivity index (χ4n) is 2.21. The highest BCUT2D eigenvalue weighted by molar-refractivity contribution is 6.09. The van der Waals surface area contributed by atoms with E-state index in [1.807, 2.05) is 0 Å². The first-order valence-corrected chi connectivity index (χ1v) is 7.52. The summed E-state index contributed by atoms with van der Waals surface area (Å²) < 4.78 is 10.1. The van der Waals surface area contributed by atoms with E-state index in [2.05, 4.69) is 5.32 Å². The van der Waals surface area contributed by atoms with Crippen LogP contribution in [0.15, 0.2) is 42.0 Å². The number of hydrogen-bond donors (Lipinski definition) is 2. The number of nitrogens with zero attached hydrogens (tertiary/aromatic N) is 2. The molecule has 0 aliphatic carbocycles. The zero-order valence-electron chi connectivity index (χ0n) is 14.4. The molecular formula is C18H15N3O6. The average Bonchev–Trinajstić information content (AvgIpc) is 2.66. The van der Waals surface area contributed by atoms with Crippen molar-refractivity contribution in [1.82, 2.24) is 0 Å². The van der Waals surface area contributed by atoms with Gasteiger partial charge in [-0.1, -0.05) is 0 Å². The number of aromatic hydroxyl groups is 1. The van der Waals surface area contributed by atoms with E-state index in [0.717, 1.165) is 6.07 Å². The van der Waals surface area contributed by atoms with E-state index in [4.69, 9.17) is 9.47 Å². The summed E-state index contributed by atoms with van der Waals surface area (Å²) in [5, 5.41) is 32.2. The number of carbonyl (C=O) groups is 1. The Balaban J connectivity index is 2.42. The molecule has 2 N–H and O–H groups in total. The van der Waals surface area contributed by atoms with Gasteiger partial charge in [-0.2, -0.15) is 5.26 Å². The van der Waals surface area contributed by atoms with Crippen LogP contribution in [0.25, 0.3) is 6.08 Å². The topological polar surface area (TPSA) is 135 Å². The number of ether oxygens (including phenoxy) is 2. The summed E-state index contributed by atoms with van der Waals surface area (Å²) in [6.07, 6.45) is 1.18. The van der Waals surface area contributed by atoms with Crippen LogP contribution in [0.2, 0.25) is 0 Å². The van der Waals surface area contributed by atoms with Gasteiger partial charge in [-0.3, -0.25) is 14.9 Å². The number of carbonyl (C=O) groups excluding carboxylic acids is 1. The van der Waals surface area contributed by atoms with Crippen molar-refractivity contribution in [3.8, 4) is 23.3 Å². The second-order valence-electron chi connectivity index (χ2n) is 5.19. The largest absolute Gasteiger partial charge is 0.508 e. The maximum atomic E-state index is 12.3. The van der Waals surface area contributed by atoms with E-state index in [1.165, 1.54) is 50.6 Å². The molecule has 27 heavy (non-hydrogen) atoms. The van der Waals surface area contributed by atoms with Crippen molar-refractivity contribution in [2.45, 2.75) is 0 Å². The average molecular weight is 369 g/mol. The van der Waals surface area contributed by atoms with Gasteiger partial charge in [-0.05, 0) is 30.3 Å². The predicted octanol–water partition coefficient (Wildman–Crippen LogP) is 2.86. The Bertz CT molecular complexity index is 945. The standard InChI is InChI=1S/C18H15N3O6/c1-26-16-9-17(27-2)15(21(24)25)8-11(16)7-12(10-19)18(23)20-13-3-5-14(22)6-4-13/h3-9,22H,1-2H3,(H,20,23). The van der Waals surface area contributed by atoms with Crippen LogP contribution in [0, 0.1) is 21.4 Å². The monoisotopic (exact) mass is 369 g/mol. The molecule has 2 aromatic carbocycles. The van der Waals surface area contributed by atoms with E-state index in [-0.39, 0.29) is 34.1 Å². The Kier molecular flexibility index (Phi) is 5.96. The lowest BCUT2D eigenvalue weighted by Crippen LogP contribution is -2.13. The quantitative estimate of drug-likeness (QED) is 0.263. The lowest BCUT2D eigenvalue weighted by atomic mass is 10.1. The second-order valence-corrected chi connectivity index (χ2v) is 5.19. The first kappa shape index (κ1) is 19.3. The second kappa shape index (κ2) is 8.35. The van der Waals surface area contributed by atoms with Gasteiger partial charge in [0.05, 0.1) is 19.1 Å². The van der Waals surface area contributed by atoms with Gasteiger partial charge in [0.2, 0.25) is 5.75 Å². The fraction of sp³-hybridized carbons (Fsp3) is 0.111. The molecule has 0 heterocycles. The van der Waals surface area contributed by atoms with Gasteiger partial charge in [-0.25, -0.2) is 0 Å². The molecule has 2 aromatic rings. The molecule has 0 saturated heterocycles. The molecule has 0 aliphatic rings. The van der Waals surface area contributed by atoms with Gasteiger partial charge in [0.15, 0.2) is 0 Å². The fourth-order valence-corrected chi connectivity index (χ4v) is 2.21. The summed E-state index contributed by atoms with van der Waals surface area (Å²) in [5.74, 6) is -0.508. The highest BCUT2D eigenvalue weighted by Crippen LogP contribution is 2.35. The number of amides is 1. The van der Waals surface area contributed by atoms with E-state index >= 15 is 0 Å². The molecule has 9 nitrogen and oxygen atoms in total. The molecule has 138 valence electrons. The highest BCUT2D eigenvalue weighted by Gasteiger charge is 2.20. The smallest absolute Gasteiger partial charge is 0.311 e. The molecule has 0 bridgehead atoms. The minimum absolute atomic E-state index is 0.0129. The van der Waals surface area contributed by atoms with Crippen molar-refractivity contribution in [3.63, 3.8) is 0 Å². The van der Waals surface area contributed by atoms with E-state index in [1.54, 1.807) is 6.07 Å². The maximum Gasteiger partial charge on any atom is 0.311 e. The number of nitro benzene ring substituents is 1. The summed E-state index contributed by atoms with van der Waals surface area (Å²) >= 11 is 0. The van der Waals surface area contributed by atoms with Crippen molar-refractivity contribution in [1.29, 1.82) is 5.26 Å². The van der Waals surface area contributed by atoms with Crippen LogP contribution in [0.3, 0.4) is 0 Å². The number of methoxy groups -OCH3 is 2. The van der Waals surface area contributed by atoms with E-state index < -0.39 is 10.8 Å². The van der Waals surface area contributed by atoms with E-state index in [9.17, 15) is 25.3 Å². The van der Waals surface area contributed by atoms with E-state index in [0.29, 0.717) is 5.69 Å². The van der Waals surface area contributed by atoms with Gasteiger partial charge in [0.1, 0.15) is 23.1 Å². The van der Waals surface area contributed by atoms with Crippen LogP contribution in [0.4, 0.5) is 11.4 Å². The molecule has 0 fully saturated rings. The maximum absolute atomic E-state index is 12.3. The molecule has 0 saturated carbocycles. The van der Waals surface area contributed by atoms with Crippen LogP contribution < -0.4 is 14.8 Å². The Labute approximate surface area is 154 Å². The number of nitro groups is 1. The molecular weight excluding hydrogens is 354 g/mol. The van der Waals surface area contributed by atoms with Crippen LogP contribution in [-0.2, 0) is 4.79 Å². The minimum atomic E-state index is -0.719. The first-order chi connectivity index (χ1) is 12.9. The third kappa shape index (κ3) is 4.52. The number of rotatable bonds is 6. The van der Waals surface area contributed by atoms with Crippen LogP contribution in [0.1, 0.15) is 5.56 Å². The van der Waals surface area contributed by atoms with Gasteiger partial charge in [-0.15, -0.1) is 0 Å². The molecule has 9 heteroatoms. The molecule has 0 aromatic heterocycles. The van der Waals surface area contributed by atoms with Crippen molar-refractivity contribution in [3.05, 3.63) is 57.6 Å². The van der Waals surface area contributed by atoms with Crippen LogP contribution >= 0.6 is 0 Å². The Hall–Kier alpha value is -4.06. The molecule has 0 aliphatic heterocycles. The zero-order valence-corrected chi connectivity index (χ0v) is 14.4. The third-order valence-corrected chi connectivity index (χ3v) is 3.52. The zero-order chi connectivity index (χ0) is 20.0. The molecule has 2 rings (SSSR count). The highest BCUT2D eigenvalue weighted by atomic mass is 16.6. The van der Waals surface area contributed by atoms with Gasteiger partial charge >= 0.3 is 5.69 Å². The normalized spacial score (nSPS) is 10.6. The summed E-state index contributed by atoms with van der Waals surface area (Å²) in [6, 6.07) is 9.88. The van der Waals surface area contributed by atoms with Crippen molar-refractivity contribution < 1.29 is 24.3 Å². The number of benzene rings is 2. The van der Waals surface area contributed by atoms with Gasteiger partial charge in [0, 0.05) is 23.4 Å². The number of phenolic OH excluding ortho intramolecular Hbond substituents is 1. The van der Waals surface area contributed by atoms with Gasteiger partial charge < -0.3 is 19.9 Å². The summed E-state index contributed by atoms with van der Waals surface area (Å²) in [6.45, 7) is 0. The van der Waals surface area contributed by atoms with Crippen molar-refractivity contribution in [2.24, 2.45) is 0 Å². The summed E-state index contributed by atoms with van der Waals surface area (Å²) in [5.41, 5.74) is -0.0874. The lowest BCUT2D eigenvalue weighted by Gasteiger charge is -2.09. The Morgan fingerprint density at radius 3 is 2.37 bits per heavy atom. The first-order valence-electron chi connectivity index (χ1n) is 7.52. The summed E-state index contributed by atoms with van der Waals surface area (Å²) in [7, 11) is 2.63.